The lowest BCUT2D eigenvalue weighted by atomic mass is 10.1. The minimum Gasteiger partial charge on any atom is -0.497 e. The molecule has 0 fully saturated rings. The SMILES string of the molecule is COc1ccc(CCOS(=O)(=O)c2ccc(OC)cc2)cc1. The van der Waals surface area contributed by atoms with Crippen molar-refractivity contribution in [3.8, 4) is 11.5 Å². The minimum atomic E-state index is -3.75. The first-order valence-electron chi connectivity index (χ1n) is 6.71. The topological polar surface area (TPSA) is 61.8 Å². The largest absolute Gasteiger partial charge is 0.497 e. The van der Waals surface area contributed by atoms with Crippen LogP contribution in [-0.2, 0) is 20.7 Å². The zero-order valence-electron chi connectivity index (χ0n) is 12.5. The van der Waals surface area contributed by atoms with Crippen molar-refractivity contribution in [2.24, 2.45) is 0 Å². The van der Waals surface area contributed by atoms with E-state index in [1.165, 1.54) is 19.2 Å². The fraction of sp³-hybridized carbons (Fsp3) is 0.250. The van der Waals surface area contributed by atoms with Gasteiger partial charge in [0, 0.05) is 0 Å². The Morgan fingerprint density at radius 2 is 1.32 bits per heavy atom. The van der Waals surface area contributed by atoms with Gasteiger partial charge in [-0.3, -0.25) is 4.18 Å². The Morgan fingerprint density at radius 1 is 0.818 bits per heavy atom. The smallest absolute Gasteiger partial charge is 0.296 e. The van der Waals surface area contributed by atoms with Gasteiger partial charge in [0.1, 0.15) is 11.5 Å². The summed E-state index contributed by atoms with van der Waals surface area (Å²) in [4.78, 5) is 0.114. The molecular weight excluding hydrogens is 304 g/mol. The van der Waals surface area contributed by atoms with E-state index in [0.29, 0.717) is 12.2 Å². The van der Waals surface area contributed by atoms with Gasteiger partial charge >= 0.3 is 0 Å². The van der Waals surface area contributed by atoms with Gasteiger partial charge in [-0.15, -0.1) is 0 Å². The third-order valence-electron chi connectivity index (χ3n) is 3.14. The number of hydrogen-bond acceptors (Lipinski definition) is 5. The first-order valence-corrected chi connectivity index (χ1v) is 8.12. The molecule has 0 aliphatic carbocycles. The van der Waals surface area contributed by atoms with Gasteiger partial charge < -0.3 is 9.47 Å². The second kappa shape index (κ2) is 7.29. The van der Waals surface area contributed by atoms with E-state index in [-0.39, 0.29) is 11.5 Å². The molecule has 2 aromatic carbocycles. The van der Waals surface area contributed by atoms with Crippen LogP contribution in [0, 0.1) is 0 Å². The van der Waals surface area contributed by atoms with Gasteiger partial charge in [-0.2, -0.15) is 8.42 Å². The summed E-state index contributed by atoms with van der Waals surface area (Å²) in [7, 11) is -0.629. The van der Waals surface area contributed by atoms with Crippen LogP contribution in [-0.4, -0.2) is 29.2 Å². The molecule has 0 saturated heterocycles. The van der Waals surface area contributed by atoms with E-state index in [0.717, 1.165) is 11.3 Å². The van der Waals surface area contributed by atoms with E-state index in [2.05, 4.69) is 0 Å². The van der Waals surface area contributed by atoms with Crippen LogP contribution in [0.15, 0.2) is 53.4 Å². The third kappa shape index (κ3) is 4.22. The van der Waals surface area contributed by atoms with Crippen LogP contribution >= 0.6 is 0 Å². The Hall–Kier alpha value is -2.05. The summed E-state index contributed by atoms with van der Waals surface area (Å²) in [5, 5.41) is 0. The fourth-order valence-electron chi connectivity index (χ4n) is 1.87. The summed E-state index contributed by atoms with van der Waals surface area (Å²) in [6.07, 6.45) is 0.499. The molecule has 0 atom stereocenters. The van der Waals surface area contributed by atoms with E-state index >= 15 is 0 Å². The molecule has 22 heavy (non-hydrogen) atoms. The normalized spacial score (nSPS) is 11.2. The molecule has 0 spiro atoms. The van der Waals surface area contributed by atoms with E-state index in [9.17, 15) is 8.42 Å². The summed E-state index contributed by atoms with van der Waals surface area (Å²) in [6.45, 7) is 0.0840. The average molecular weight is 322 g/mol. The lowest BCUT2D eigenvalue weighted by Crippen LogP contribution is -2.09. The predicted octanol–water partition coefficient (Wildman–Crippen LogP) is 2.65. The van der Waals surface area contributed by atoms with Crippen molar-refractivity contribution in [3.63, 3.8) is 0 Å². The van der Waals surface area contributed by atoms with Crippen molar-refractivity contribution in [3.05, 3.63) is 54.1 Å². The van der Waals surface area contributed by atoms with Gasteiger partial charge in [-0.05, 0) is 48.4 Å². The van der Waals surface area contributed by atoms with E-state index in [1.807, 2.05) is 24.3 Å². The Balaban J connectivity index is 1.93. The number of methoxy groups -OCH3 is 2. The van der Waals surface area contributed by atoms with Gasteiger partial charge in [-0.1, -0.05) is 12.1 Å². The van der Waals surface area contributed by atoms with Crippen molar-refractivity contribution in [2.75, 3.05) is 20.8 Å². The molecule has 0 N–H and O–H groups in total. The zero-order chi connectivity index (χ0) is 16.0. The van der Waals surface area contributed by atoms with Gasteiger partial charge in [-0.25, -0.2) is 0 Å². The number of ether oxygens (including phenoxy) is 2. The summed E-state index contributed by atoms with van der Waals surface area (Å²) >= 11 is 0. The first kappa shape index (κ1) is 16.3. The summed E-state index contributed by atoms with van der Waals surface area (Å²) in [5.74, 6) is 1.35. The molecule has 0 saturated carbocycles. The fourth-order valence-corrected chi connectivity index (χ4v) is 2.78. The second-order valence-corrected chi connectivity index (χ2v) is 6.17. The van der Waals surface area contributed by atoms with E-state index in [4.69, 9.17) is 13.7 Å². The molecule has 0 aliphatic rings. The highest BCUT2D eigenvalue weighted by Crippen LogP contribution is 2.18. The van der Waals surface area contributed by atoms with Crippen LogP contribution in [0.1, 0.15) is 5.56 Å². The third-order valence-corrected chi connectivity index (χ3v) is 4.46. The monoisotopic (exact) mass is 322 g/mol. The summed E-state index contributed by atoms with van der Waals surface area (Å²) < 4.78 is 39.2. The maximum Gasteiger partial charge on any atom is 0.296 e. The highest BCUT2D eigenvalue weighted by molar-refractivity contribution is 7.86. The van der Waals surface area contributed by atoms with Gasteiger partial charge in [0.25, 0.3) is 10.1 Å². The van der Waals surface area contributed by atoms with Crippen molar-refractivity contribution in [1.82, 2.24) is 0 Å². The molecule has 0 bridgehead atoms. The van der Waals surface area contributed by atoms with Crippen molar-refractivity contribution >= 4 is 10.1 Å². The molecule has 2 rings (SSSR count). The van der Waals surface area contributed by atoms with E-state index in [1.54, 1.807) is 19.2 Å². The Morgan fingerprint density at radius 3 is 1.82 bits per heavy atom. The lowest BCUT2D eigenvalue weighted by Gasteiger charge is -2.07. The standard InChI is InChI=1S/C16H18O5S/c1-19-14-5-3-13(4-6-14)11-12-21-22(17,18)16-9-7-15(20-2)8-10-16/h3-10H,11-12H2,1-2H3. The molecule has 118 valence electrons. The van der Waals surface area contributed by atoms with Crippen LogP contribution in [0.4, 0.5) is 0 Å². The zero-order valence-corrected chi connectivity index (χ0v) is 13.3. The number of hydrogen-bond donors (Lipinski definition) is 0. The van der Waals surface area contributed by atoms with Gasteiger partial charge in [0.2, 0.25) is 0 Å². The molecule has 6 heteroatoms. The molecule has 0 unspecified atom stereocenters. The number of rotatable bonds is 7. The second-order valence-electron chi connectivity index (χ2n) is 4.55. The van der Waals surface area contributed by atoms with Crippen LogP contribution in [0.5, 0.6) is 11.5 Å². The quantitative estimate of drug-likeness (QED) is 0.733. The molecule has 0 aliphatic heterocycles. The van der Waals surface area contributed by atoms with Crippen LogP contribution in [0.2, 0.25) is 0 Å². The highest BCUT2D eigenvalue weighted by atomic mass is 32.2. The first-order chi connectivity index (χ1) is 10.5. The van der Waals surface area contributed by atoms with Crippen LogP contribution in [0.25, 0.3) is 0 Å². The summed E-state index contributed by atoms with van der Waals surface area (Å²) in [6, 6.07) is 13.5. The maximum absolute atomic E-state index is 12.0. The molecule has 0 heterocycles. The Labute approximate surface area is 130 Å². The molecule has 5 nitrogen and oxygen atoms in total. The lowest BCUT2D eigenvalue weighted by molar-refractivity contribution is 0.322. The predicted molar refractivity (Wildman–Crippen MR) is 82.8 cm³/mol. The van der Waals surface area contributed by atoms with Crippen molar-refractivity contribution in [2.45, 2.75) is 11.3 Å². The summed E-state index contributed by atoms with van der Waals surface area (Å²) in [5.41, 5.74) is 0.978. The van der Waals surface area contributed by atoms with Gasteiger partial charge in [0.05, 0.1) is 25.7 Å². The van der Waals surface area contributed by atoms with Crippen LogP contribution in [0.3, 0.4) is 0 Å². The van der Waals surface area contributed by atoms with Crippen molar-refractivity contribution < 1.29 is 22.1 Å². The van der Waals surface area contributed by atoms with Crippen LogP contribution < -0.4 is 9.47 Å². The molecular formula is C16H18O5S. The average Bonchev–Trinajstić information content (AvgIpc) is 2.55. The molecule has 2 aromatic rings. The minimum absolute atomic E-state index is 0.0840. The number of benzene rings is 2. The van der Waals surface area contributed by atoms with Crippen molar-refractivity contribution in [1.29, 1.82) is 0 Å². The highest BCUT2D eigenvalue weighted by Gasteiger charge is 2.14. The van der Waals surface area contributed by atoms with Gasteiger partial charge in [0.15, 0.2) is 0 Å². The molecule has 0 amide bonds. The van der Waals surface area contributed by atoms with E-state index < -0.39 is 10.1 Å². The molecule has 0 aromatic heterocycles. The Bertz CT molecular complexity index is 690. The molecule has 0 radical (unpaired) electrons. The Kier molecular flexibility index (Phi) is 5.41. The maximum atomic E-state index is 12.0.